The molecule has 18 heavy (non-hydrogen) atoms. The molecule has 0 amide bonds. The van der Waals surface area contributed by atoms with E-state index in [1.54, 1.807) is 6.20 Å². The van der Waals surface area contributed by atoms with Crippen LogP contribution >= 0.6 is 11.6 Å². The Balaban J connectivity index is 1.80. The summed E-state index contributed by atoms with van der Waals surface area (Å²) in [6.07, 6.45) is 5.50. The molecule has 2 rings (SSSR count). The lowest BCUT2D eigenvalue weighted by Gasteiger charge is -2.20. The largest absolute Gasteiger partial charge is 0.377 e. The van der Waals surface area contributed by atoms with E-state index in [-0.39, 0.29) is 5.69 Å². The van der Waals surface area contributed by atoms with Crippen molar-refractivity contribution in [2.45, 2.75) is 38.5 Å². The third kappa shape index (κ3) is 3.54. The second-order valence-electron chi connectivity index (χ2n) is 4.54. The topological polar surface area (TPSA) is 56.2 Å². The summed E-state index contributed by atoms with van der Waals surface area (Å²) in [6.45, 7) is 4.22. The van der Waals surface area contributed by atoms with E-state index in [9.17, 15) is 4.79 Å². The van der Waals surface area contributed by atoms with E-state index in [2.05, 4.69) is 17.2 Å². The van der Waals surface area contributed by atoms with E-state index < -0.39 is 0 Å². The Morgan fingerprint density at radius 2 is 2.56 bits per heavy atom. The first kappa shape index (κ1) is 13.5. The number of rotatable bonds is 5. The van der Waals surface area contributed by atoms with Gasteiger partial charge < -0.3 is 10.1 Å². The van der Waals surface area contributed by atoms with Gasteiger partial charge in [0.25, 0.3) is 0 Å². The molecule has 0 aliphatic carbocycles. The predicted octanol–water partition coefficient (Wildman–Crippen LogP) is 1.05. The highest BCUT2D eigenvalue weighted by atomic mass is 35.5. The summed E-state index contributed by atoms with van der Waals surface area (Å²) in [5.74, 6) is 0. The molecule has 5 nitrogen and oxygen atoms in total. The van der Waals surface area contributed by atoms with Gasteiger partial charge in [-0.25, -0.2) is 9.78 Å². The Morgan fingerprint density at radius 3 is 3.28 bits per heavy atom. The molecule has 0 aromatic carbocycles. The fourth-order valence-electron chi connectivity index (χ4n) is 2.13. The summed E-state index contributed by atoms with van der Waals surface area (Å²) in [5.41, 5.74) is -0.272. The van der Waals surface area contributed by atoms with Crippen LogP contribution in [-0.2, 0) is 11.3 Å². The van der Waals surface area contributed by atoms with Crippen molar-refractivity contribution < 1.29 is 4.74 Å². The Kier molecular flexibility index (Phi) is 4.74. The number of halogens is 1. The monoisotopic (exact) mass is 271 g/mol. The molecule has 1 aliphatic heterocycles. The van der Waals surface area contributed by atoms with E-state index in [1.807, 2.05) is 0 Å². The average molecular weight is 272 g/mol. The highest BCUT2D eigenvalue weighted by Gasteiger charge is 2.21. The van der Waals surface area contributed by atoms with Crippen LogP contribution < -0.4 is 11.0 Å². The number of ether oxygens (including phenoxy) is 1. The van der Waals surface area contributed by atoms with E-state index in [0.29, 0.717) is 30.3 Å². The van der Waals surface area contributed by atoms with Gasteiger partial charge in [0.2, 0.25) is 0 Å². The van der Waals surface area contributed by atoms with Crippen LogP contribution in [-0.4, -0.2) is 34.8 Å². The van der Waals surface area contributed by atoms with Crippen molar-refractivity contribution in [2.24, 2.45) is 0 Å². The number of hydrogen-bond donors (Lipinski definition) is 1. The van der Waals surface area contributed by atoms with E-state index in [4.69, 9.17) is 16.3 Å². The molecule has 0 radical (unpaired) electrons. The minimum absolute atomic E-state index is 0.272. The zero-order valence-corrected chi connectivity index (χ0v) is 11.2. The maximum Gasteiger partial charge on any atom is 0.347 e. The zero-order chi connectivity index (χ0) is 13.0. The van der Waals surface area contributed by atoms with E-state index in [0.717, 1.165) is 19.4 Å². The normalized spacial score (nSPS) is 21.1. The summed E-state index contributed by atoms with van der Waals surface area (Å²) in [7, 11) is 0. The second-order valence-corrected chi connectivity index (χ2v) is 4.98. The van der Waals surface area contributed by atoms with Crippen LogP contribution in [0, 0.1) is 0 Å². The lowest BCUT2D eigenvalue weighted by atomic mass is 10.1. The molecule has 2 atom stereocenters. The van der Waals surface area contributed by atoms with Crippen LogP contribution in [0.3, 0.4) is 0 Å². The molecule has 1 aromatic heterocycles. The van der Waals surface area contributed by atoms with Crippen molar-refractivity contribution in [3.63, 3.8) is 0 Å². The number of hydrogen-bond acceptors (Lipinski definition) is 4. The maximum absolute atomic E-state index is 11.4. The highest BCUT2D eigenvalue weighted by Crippen LogP contribution is 2.15. The second kappa shape index (κ2) is 6.31. The van der Waals surface area contributed by atoms with Crippen molar-refractivity contribution in [1.82, 2.24) is 14.9 Å². The molecule has 1 aromatic rings. The Morgan fingerprint density at radius 1 is 1.72 bits per heavy atom. The van der Waals surface area contributed by atoms with Gasteiger partial charge in [0, 0.05) is 31.9 Å². The summed E-state index contributed by atoms with van der Waals surface area (Å²) in [4.78, 5) is 15.1. The van der Waals surface area contributed by atoms with Gasteiger partial charge in [0.1, 0.15) is 0 Å². The highest BCUT2D eigenvalue weighted by molar-refractivity contribution is 6.30. The number of nitrogens with zero attached hydrogens (tertiary/aromatic N) is 2. The molecule has 0 spiro atoms. The smallest absolute Gasteiger partial charge is 0.347 e. The van der Waals surface area contributed by atoms with Gasteiger partial charge >= 0.3 is 5.69 Å². The number of nitrogens with one attached hydrogen (secondary N) is 1. The van der Waals surface area contributed by atoms with Gasteiger partial charge in [-0.05, 0) is 19.8 Å². The molecule has 1 saturated heterocycles. The Labute approximate surface area is 111 Å². The molecular formula is C12H18ClN3O2. The number of aromatic nitrogens is 2. The molecule has 1 aliphatic rings. The third-order valence-electron chi connectivity index (χ3n) is 3.16. The first-order chi connectivity index (χ1) is 8.66. The predicted molar refractivity (Wildman–Crippen MR) is 69.9 cm³/mol. The SMILES string of the molecule is CC(NCCn1cc(Cl)cnc1=O)C1CCCO1. The van der Waals surface area contributed by atoms with E-state index in [1.165, 1.54) is 10.8 Å². The Bertz CT molecular complexity index is 443. The Hall–Kier alpha value is -0.910. The maximum atomic E-state index is 11.4. The molecule has 2 heterocycles. The molecular weight excluding hydrogens is 254 g/mol. The summed E-state index contributed by atoms with van der Waals surface area (Å²) >= 11 is 5.80. The van der Waals surface area contributed by atoms with Gasteiger partial charge in [0.15, 0.2) is 0 Å². The quantitative estimate of drug-likeness (QED) is 0.870. The standard InChI is InChI=1S/C12H18ClN3O2/c1-9(11-3-2-6-18-11)14-4-5-16-8-10(13)7-15-12(16)17/h7-9,11,14H,2-6H2,1H3. The minimum Gasteiger partial charge on any atom is -0.377 e. The fraction of sp³-hybridized carbons (Fsp3) is 0.667. The summed E-state index contributed by atoms with van der Waals surface area (Å²) in [6, 6.07) is 0.301. The van der Waals surface area contributed by atoms with Gasteiger partial charge in [0.05, 0.1) is 17.3 Å². The van der Waals surface area contributed by atoms with Crippen molar-refractivity contribution in [1.29, 1.82) is 0 Å². The van der Waals surface area contributed by atoms with Crippen LogP contribution in [0.4, 0.5) is 0 Å². The summed E-state index contributed by atoms with van der Waals surface area (Å²) in [5, 5.41) is 3.84. The average Bonchev–Trinajstić information content (AvgIpc) is 2.87. The third-order valence-corrected chi connectivity index (χ3v) is 3.36. The molecule has 0 bridgehead atoms. The van der Waals surface area contributed by atoms with Gasteiger partial charge in [-0.3, -0.25) is 4.57 Å². The van der Waals surface area contributed by atoms with Gasteiger partial charge in [-0.2, -0.15) is 0 Å². The summed E-state index contributed by atoms with van der Waals surface area (Å²) < 4.78 is 7.11. The molecule has 100 valence electrons. The fourth-order valence-corrected chi connectivity index (χ4v) is 2.30. The van der Waals surface area contributed by atoms with Crippen molar-refractivity contribution in [2.75, 3.05) is 13.2 Å². The van der Waals surface area contributed by atoms with Crippen LogP contribution in [0.5, 0.6) is 0 Å². The molecule has 1 fully saturated rings. The first-order valence-electron chi connectivity index (χ1n) is 6.24. The molecule has 2 unspecified atom stereocenters. The van der Waals surface area contributed by atoms with Crippen molar-refractivity contribution in [3.05, 3.63) is 27.9 Å². The van der Waals surface area contributed by atoms with Crippen LogP contribution in [0.1, 0.15) is 19.8 Å². The van der Waals surface area contributed by atoms with Crippen LogP contribution in [0.25, 0.3) is 0 Å². The zero-order valence-electron chi connectivity index (χ0n) is 10.4. The van der Waals surface area contributed by atoms with Gasteiger partial charge in [-0.15, -0.1) is 0 Å². The lowest BCUT2D eigenvalue weighted by molar-refractivity contribution is 0.0835. The minimum atomic E-state index is -0.272. The van der Waals surface area contributed by atoms with Crippen molar-refractivity contribution >= 4 is 11.6 Å². The van der Waals surface area contributed by atoms with Crippen LogP contribution in [0.2, 0.25) is 5.02 Å². The van der Waals surface area contributed by atoms with E-state index >= 15 is 0 Å². The van der Waals surface area contributed by atoms with Crippen molar-refractivity contribution in [3.8, 4) is 0 Å². The van der Waals surface area contributed by atoms with Crippen LogP contribution in [0.15, 0.2) is 17.2 Å². The lowest BCUT2D eigenvalue weighted by Crippen LogP contribution is -2.39. The first-order valence-corrected chi connectivity index (χ1v) is 6.61. The molecule has 1 N–H and O–H groups in total. The van der Waals surface area contributed by atoms with Gasteiger partial charge in [-0.1, -0.05) is 11.6 Å². The molecule has 6 heteroatoms. The molecule has 0 saturated carbocycles.